The van der Waals surface area contributed by atoms with Gasteiger partial charge in [-0.3, -0.25) is 0 Å². The van der Waals surface area contributed by atoms with Crippen molar-refractivity contribution in [3.8, 4) is 0 Å². The van der Waals surface area contributed by atoms with Gasteiger partial charge < -0.3 is 4.55 Å². The first-order chi connectivity index (χ1) is 4.11. The molecule has 0 N–H and O–H groups in total. The van der Waals surface area contributed by atoms with Crippen molar-refractivity contribution in [2.75, 3.05) is 13.1 Å². The summed E-state index contributed by atoms with van der Waals surface area (Å²) in [7, 11) is -4.12. The third-order valence-electron chi connectivity index (χ3n) is 1.38. The third-order valence-corrected chi connectivity index (χ3v) is 2.38. The van der Waals surface area contributed by atoms with Crippen molar-refractivity contribution in [1.82, 2.24) is 4.31 Å². The molecule has 1 saturated heterocycles. The van der Waals surface area contributed by atoms with Gasteiger partial charge in [0.2, 0.25) is 0 Å². The van der Waals surface area contributed by atoms with Crippen LogP contribution in [0.2, 0.25) is 0 Å². The topological polar surface area (TPSA) is 60.4 Å². The Hall–Kier alpha value is 0.467. The van der Waals surface area contributed by atoms with Gasteiger partial charge in [0.05, 0.1) is 0 Å². The zero-order chi connectivity index (χ0) is 6.91. The Kier molecular flexibility index (Phi) is 3.92. The largest absolute Gasteiger partial charge is 1.00 e. The summed E-state index contributed by atoms with van der Waals surface area (Å²) in [5.74, 6) is 0. The predicted octanol–water partition coefficient (Wildman–Crippen LogP) is -3.45. The molecular formula is C4H8LiNO3S. The minimum absolute atomic E-state index is 0. The Labute approximate surface area is 72.6 Å². The van der Waals surface area contributed by atoms with E-state index < -0.39 is 10.3 Å². The molecule has 0 spiro atoms. The molecule has 0 amide bonds. The smallest absolute Gasteiger partial charge is 0.735 e. The monoisotopic (exact) mass is 157 g/mol. The van der Waals surface area contributed by atoms with Crippen LogP contribution in [-0.4, -0.2) is 30.4 Å². The van der Waals surface area contributed by atoms with E-state index >= 15 is 0 Å². The van der Waals surface area contributed by atoms with Crippen LogP contribution in [0, 0.1) is 0 Å². The third kappa shape index (κ3) is 2.60. The maximum absolute atomic E-state index is 10.2. The number of hydrogen-bond acceptors (Lipinski definition) is 3. The number of nitrogens with zero attached hydrogens (tertiary/aromatic N) is 1. The van der Waals surface area contributed by atoms with Crippen LogP contribution in [0.1, 0.15) is 12.8 Å². The molecule has 0 aromatic carbocycles. The molecule has 0 atom stereocenters. The molecule has 0 saturated carbocycles. The summed E-state index contributed by atoms with van der Waals surface area (Å²) >= 11 is 0. The summed E-state index contributed by atoms with van der Waals surface area (Å²) in [4.78, 5) is 0. The average molecular weight is 157 g/mol. The van der Waals surface area contributed by atoms with Gasteiger partial charge in [-0.1, -0.05) is 0 Å². The fraction of sp³-hybridized carbons (Fsp3) is 1.00. The van der Waals surface area contributed by atoms with Gasteiger partial charge in [0, 0.05) is 13.1 Å². The van der Waals surface area contributed by atoms with Crippen molar-refractivity contribution in [2.45, 2.75) is 12.8 Å². The Morgan fingerprint density at radius 3 is 1.80 bits per heavy atom. The van der Waals surface area contributed by atoms with Crippen molar-refractivity contribution in [1.29, 1.82) is 0 Å². The SMILES string of the molecule is O=S(=O)([O-])N1CCCC1.[Li+]. The molecule has 54 valence electrons. The van der Waals surface area contributed by atoms with Crippen LogP contribution < -0.4 is 18.9 Å². The Balaban J connectivity index is 0.000000810. The summed E-state index contributed by atoms with van der Waals surface area (Å²) < 4.78 is 31.6. The Morgan fingerprint density at radius 1 is 1.20 bits per heavy atom. The van der Waals surface area contributed by atoms with E-state index in [2.05, 4.69) is 0 Å². The molecule has 1 rings (SSSR count). The van der Waals surface area contributed by atoms with Gasteiger partial charge in [-0.25, -0.2) is 12.7 Å². The average Bonchev–Trinajstić information content (AvgIpc) is 2.08. The van der Waals surface area contributed by atoms with E-state index in [1.807, 2.05) is 0 Å². The number of hydrogen-bond donors (Lipinski definition) is 0. The zero-order valence-corrected chi connectivity index (χ0v) is 6.73. The summed E-state index contributed by atoms with van der Waals surface area (Å²) in [5, 5.41) is 0. The molecule has 4 nitrogen and oxygen atoms in total. The van der Waals surface area contributed by atoms with E-state index in [1.165, 1.54) is 0 Å². The molecular weight excluding hydrogens is 149 g/mol. The first-order valence-electron chi connectivity index (χ1n) is 2.82. The molecule has 1 heterocycles. The van der Waals surface area contributed by atoms with Gasteiger partial charge in [-0.05, 0) is 12.8 Å². The van der Waals surface area contributed by atoms with Crippen LogP contribution in [-0.2, 0) is 10.3 Å². The van der Waals surface area contributed by atoms with Gasteiger partial charge in [0.25, 0.3) is 0 Å². The van der Waals surface area contributed by atoms with Crippen molar-refractivity contribution in [3.05, 3.63) is 0 Å². The maximum atomic E-state index is 10.2. The van der Waals surface area contributed by atoms with Gasteiger partial charge in [0.15, 0.2) is 10.3 Å². The molecule has 1 aliphatic rings. The first-order valence-corrected chi connectivity index (χ1v) is 4.18. The fourth-order valence-electron chi connectivity index (χ4n) is 0.912. The summed E-state index contributed by atoms with van der Waals surface area (Å²) in [6.07, 6.45) is 1.64. The molecule has 1 aliphatic heterocycles. The van der Waals surface area contributed by atoms with Gasteiger partial charge in [-0.2, -0.15) is 0 Å². The summed E-state index contributed by atoms with van der Waals surface area (Å²) in [6.45, 7) is 0.817. The Morgan fingerprint density at radius 2 is 1.60 bits per heavy atom. The standard InChI is InChI=1S/C4H9NO3S.Li/c6-9(7,8)5-3-1-2-4-5;/h1-4H2,(H,6,7,8);/q;+1/p-1. The molecule has 0 bridgehead atoms. The van der Waals surface area contributed by atoms with Crippen LogP contribution in [0.5, 0.6) is 0 Å². The van der Waals surface area contributed by atoms with Gasteiger partial charge >= 0.3 is 18.9 Å². The first kappa shape index (κ1) is 10.5. The van der Waals surface area contributed by atoms with Crippen LogP contribution in [0.15, 0.2) is 0 Å². The molecule has 0 aromatic heterocycles. The van der Waals surface area contributed by atoms with Crippen LogP contribution in [0.25, 0.3) is 0 Å². The molecule has 0 unspecified atom stereocenters. The Bertz CT molecular complexity index is 185. The minimum atomic E-state index is -4.12. The van der Waals surface area contributed by atoms with Crippen LogP contribution >= 0.6 is 0 Å². The second kappa shape index (κ2) is 3.74. The van der Waals surface area contributed by atoms with Crippen molar-refractivity contribution in [3.63, 3.8) is 0 Å². The molecule has 10 heavy (non-hydrogen) atoms. The van der Waals surface area contributed by atoms with Gasteiger partial charge in [0.1, 0.15) is 0 Å². The molecule has 6 heteroatoms. The molecule has 0 aliphatic carbocycles. The molecule has 0 aromatic rings. The van der Waals surface area contributed by atoms with Gasteiger partial charge in [-0.15, -0.1) is 0 Å². The second-order valence-electron chi connectivity index (χ2n) is 2.06. The molecule has 1 fully saturated rings. The normalized spacial score (nSPS) is 20.5. The molecule has 0 radical (unpaired) electrons. The van der Waals surface area contributed by atoms with E-state index in [-0.39, 0.29) is 18.9 Å². The minimum Gasteiger partial charge on any atom is -0.735 e. The van der Waals surface area contributed by atoms with Crippen molar-refractivity contribution < 1.29 is 31.8 Å². The summed E-state index contributed by atoms with van der Waals surface area (Å²) in [5.41, 5.74) is 0. The van der Waals surface area contributed by atoms with E-state index in [9.17, 15) is 13.0 Å². The van der Waals surface area contributed by atoms with Crippen LogP contribution in [0.3, 0.4) is 0 Å². The fourth-order valence-corrected chi connectivity index (χ4v) is 1.62. The second-order valence-corrected chi connectivity index (χ2v) is 3.44. The summed E-state index contributed by atoms with van der Waals surface area (Å²) in [6, 6.07) is 0. The predicted molar refractivity (Wildman–Crippen MR) is 30.5 cm³/mol. The van der Waals surface area contributed by atoms with Crippen molar-refractivity contribution >= 4 is 10.3 Å². The van der Waals surface area contributed by atoms with E-state index in [1.54, 1.807) is 0 Å². The van der Waals surface area contributed by atoms with E-state index in [4.69, 9.17) is 0 Å². The number of rotatable bonds is 1. The zero-order valence-electron chi connectivity index (χ0n) is 5.91. The van der Waals surface area contributed by atoms with E-state index in [0.29, 0.717) is 13.1 Å². The quantitative estimate of drug-likeness (QED) is 0.294. The van der Waals surface area contributed by atoms with E-state index in [0.717, 1.165) is 17.1 Å². The maximum Gasteiger partial charge on any atom is 1.00 e. The van der Waals surface area contributed by atoms with Crippen LogP contribution in [0.4, 0.5) is 0 Å². The van der Waals surface area contributed by atoms with Crippen molar-refractivity contribution in [2.24, 2.45) is 0 Å².